The van der Waals surface area contributed by atoms with Crippen molar-refractivity contribution in [2.75, 3.05) is 4.90 Å². The number of carbonyl (C=O) groups is 2. The third kappa shape index (κ3) is 6.85. The molecule has 1 N–H and O–H groups in total. The number of amides is 1. The molecule has 0 saturated carbocycles. The zero-order chi connectivity index (χ0) is 26.0. The Labute approximate surface area is 201 Å². The number of carboxylic acid groups (broad SMARTS) is 1. The molecule has 5 nitrogen and oxygen atoms in total. The molecule has 184 valence electrons. The van der Waals surface area contributed by atoms with E-state index >= 15 is 0 Å². The quantitative estimate of drug-likeness (QED) is 0.420. The molecular weight excluding hydrogens is 459 g/mol. The molecule has 0 bridgehead atoms. The van der Waals surface area contributed by atoms with Gasteiger partial charge in [-0.3, -0.25) is 9.69 Å². The molecule has 0 heterocycles. The van der Waals surface area contributed by atoms with Gasteiger partial charge in [0.2, 0.25) is 0 Å². The maximum Gasteiger partial charge on any atom is 0.573 e. The van der Waals surface area contributed by atoms with Gasteiger partial charge in [0, 0.05) is 5.69 Å². The van der Waals surface area contributed by atoms with Crippen molar-refractivity contribution in [1.82, 2.24) is 0 Å². The lowest BCUT2D eigenvalue weighted by atomic mass is 9.87. The van der Waals surface area contributed by atoms with Gasteiger partial charge in [0.15, 0.2) is 0 Å². The number of hydrogen-bond donors (Lipinski definition) is 1. The number of carbonyl (C=O) groups excluding carboxylic acids is 1. The van der Waals surface area contributed by atoms with Crippen molar-refractivity contribution in [3.8, 4) is 16.9 Å². The largest absolute Gasteiger partial charge is 0.573 e. The number of rotatable bonds is 5. The Hall–Kier alpha value is -3.81. The van der Waals surface area contributed by atoms with Crippen molar-refractivity contribution in [1.29, 1.82) is 0 Å². The maximum absolute atomic E-state index is 12.6. The summed E-state index contributed by atoms with van der Waals surface area (Å²) in [5.41, 5.74) is 4.12. The van der Waals surface area contributed by atoms with E-state index in [1.54, 1.807) is 25.1 Å². The number of benzene rings is 3. The van der Waals surface area contributed by atoms with E-state index in [-0.39, 0.29) is 17.7 Å². The second-order valence-corrected chi connectivity index (χ2v) is 9.27. The predicted octanol–water partition coefficient (Wildman–Crippen LogP) is 6.48. The van der Waals surface area contributed by atoms with Crippen LogP contribution in [0.25, 0.3) is 11.1 Å². The summed E-state index contributed by atoms with van der Waals surface area (Å²) in [7, 11) is 0. The molecule has 3 rings (SSSR count). The number of anilines is 1. The van der Waals surface area contributed by atoms with E-state index in [0.717, 1.165) is 16.7 Å². The van der Waals surface area contributed by atoms with Crippen molar-refractivity contribution < 1.29 is 32.6 Å². The fourth-order valence-corrected chi connectivity index (χ4v) is 3.62. The minimum atomic E-state index is -4.79. The maximum atomic E-state index is 12.6. The highest BCUT2D eigenvalue weighted by Crippen LogP contribution is 2.31. The Bertz CT molecular complexity index is 1210. The van der Waals surface area contributed by atoms with Crippen LogP contribution < -0.4 is 9.64 Å². The van der Waals surface area contributed by atoms with E-state index in [1.807, 2.05) is 24.3 Å². The Kier molecular flexibility index (Phi) is 7.24. The Morgan fingerprint density at radius 3 is 2.00 bits per heavy atom. The number of carboxylic acids is 1. The van der Waals surface area contributed by atoms with Gasteiger partial charge in [0.25, 0.3) is 0 Å². The first-order chi connectivity index (χ1) is 16.2. The molecule has 3 aromatic rings. The van der Waals surface area contributed by atoms with Gasteiger partial charge in [-0.15, -0.1) is 13.2 Å². The van der Waals surface area contributed by atoms with Crippen molar-refractivity contribution in [3.05, 3.63) is 83.4 Å². The highest BCUT2D eigenvalue weighted by atomic mass is 19.4. The summed E-state index contributed by atoms with van der Waals surface area (Å²) in [6, 6.07) is 18.1. The molecule has 0 aromatic heterocycles. The normalized spacial score (nSPS) is 11.7. The lowest BCUT2D eigenvalue weighted by Gasteiger charge is -2.24. The molecule has 0 spiro atoms. The first-order valence-electron chi connectivity index (χ1n) is 10.8. The van der Waals surface area contributed by atoms with Crippen LogP contribution in [0.1, 0.15) is 37.5 Å². The van der Waals surface area contributed by atoms with Crippen LogP contribution in [0.3, 0.4) is 0 Å². The fourth-order valence-electron chi connectivity index (χ4n) is 3.62. The molecule has 1 amide bonds. The minimum Gasteiger partial charge on any atom is -0.474 e. The van der Waals surface area contributed by atoms with E-state index in [4.69, 9.17) is 0 Å². The summed E-state index contributed by atoms with van der Waals surface area (Å²) in [5, 5.41) is 9.42. The number of alkyl halides is 3. The first kappa shape index (κ1) is 25.8. The van der Waals surface area contributed by atoms with Gasteiger partial charge in [-0.05, 0) is 64.4 Å². The minimum absolute atomic E-state index is 0.0385. The Morgan fingerprint density at radius 1 is 0.886 bits per heavy atom. The molecule has 3 aromatic carbocycles. The number of nitrogens with zero attached hydrogens (tertiary/aromatic N) is 1. The van der Waals surface area contributed by atoms with Crippen LogP contribution in [0, 0.1) is 6.92 Å². The summed E-state index contributed by atoms with van der Waals surface area (Å²) >= 11 is 0. The molecule has 0 atom stereocenters. The van der Waals surface area contributed by atoms with Gasteiger partial charge in [-0.25, -0.2) is 4.79 Å². The van der Waals surface area contributed by atoms with Crippen LogP contribution in [0.15, 0.2) is 66.7 Å². The number of ether oxygens (including phenoxy) is 1. The van der Waals surface area contributed by atoms with Gasteiger partial charge in [0.05, 0.1) is 6.54 Å². The summed E-state index contributed by atoms with van der Waals surface area (Å²) in [6.07, 6.45) is -4.79. The summed E-state index contributed by atoms with van der Waals surface area (Å²) < 4.78 is 41.3. The van der Waals surface area contributed by atoms with Crippen molar-refractivity contribution in [2.45, 2.75) is 46.0 Å². The summed E-state index contributed by atoms with van der Waals surface area (Å²) in [5.74, 6) is -3.03. The average Bonchev–Trinajstić information content (AvgIpc) is 2.75. The third-order valence-corrected chi connectivity index (χ3v) is 5.38. The van der Waals surface area contributed by atoms with E-state index in [0.29, 0.717) is 16.8 Å². The van der Waals surface area contributed by atoms with E-state index in [2.05, 4.69) is 25.5 Å². The molecular formula is C27H26F3NO4. The van der Waals surface area contributed by atoms with E-state index in [9.17, 15) is 27.9 Å². The standard InChI is InChI=1S/C27H26F3NO4/c1-17-13-20(19-7-11-23(12-8-19)35-27(28,29)30)15-22(14-17)31(24(32)25(33)34)16-18-5-9-21(10-6-18)26(2,3)4/h5-15H,16H2,1-4H3,(H,33,34). The van der Waals surface area contributed by atoms with Crippen LogP contribution in [0.2, 0.25) is 0 Å². The topological polar surface area (TPSA) is 66.8 Å². The van der Waals surface area contributed by atoms with Crippen molar-refractivity contribution in [2.24, 2.45) is 0 Å². The molecule has 35 heavy (non-hydrogen) atoms. The second-order valence-electron chi connectivity index (χ2n) is 9.27. The van der Waals surface area contributed by atoms with Crippen LogP contribution in [0.4, 0.5) is 18.9 Å². The number of halogens is 3. The number of hydrogen-bond acceptors (Lipinski definition) is 3. The lowest BCUT2D eigenvalue weighted by Crippen LogP contribution is -2.36. The lowest BCUT2D eigenvalue weighted by molar-refractivity contribution is -0.274. The summed E-state index contributed by atoms with van der Waals surface area (Å²) in [4.78, 5) is 25.4. The van der Waals surface area contributed by atoms with Crippen molar-refractivity contribution >= 4 is 17.6 Å². The molecule has 0 radical (unpaired) electrons. The zero-order valence-electron chi connectivity index (χ0n) is 19.8. The first-order valence-corrected chi connectivity index (χ1v) is 10.8. The van der Waals surface area contributed by atoms with Crippen LogP contribution in [-0.2, 0) is 21.5 Å². The molecule has 0 fully saturated rings. The average molecular weight is 486 g/mol. The van der Waals surface area contributed by atoms with E-state index < -0.39 is 18.2 Å². The molecule has 0 unspecified atom stereocenters. The fraction of sp³-hybridized carbons (Fsp3) is 0.259. The van der Waals surface area contributed by atoms with Gasteiger partial charge in [0.1, 0.15) is 5.75 Å². The van der Waals surface area contributed by atoms with Crippen LogP contribution in [0.5, 0.6) is 5.75 Å². The molecule has 0 aliphatic heterocycles. The van der Waals surface area contributed by atoms with Gasteiger partial charge >= 0.3 is 18.2 Å². The highest BCUT2D eigenvalue weighted by molar-refractivity contribution is 6.37. The second kappa shape index (κ2) is 9.82. The van der Waals surface area contributed by atoms with Gasteiger partial charge in [-0.1, -0.05) is 63.2 Å². The highest BCUT2D eigenvalue weighted by Gasteiger charge is 2.31. The van der Waals surface area contributed by atoms with Crippen LogP contribution >= 0.6 is 0 Å². The van der Waals surface area contributed by atoms with E-state index in [1.165, 1.54) is 29.2 Å². The molecule has 0 aliphatic rings. The van der Waals surface area contributed by atoms with Crippen LogP contribution in [-0.4, -0.2) is 23.3 Å². The molecule has 0 aliphatic carbocycles. The molecule has 8 heteroatoms. The predicted molar refractivity (Wildman–Crippen MR) is 127 cm³/mol. The number of aryl methyl sites for hydroxylation is 1. The molecule has 0 saturated heterocycles. The van der Waals surface area contributed by atoms with Crippen molar-refractivity contribution in [3.63, 3.8) is 0 Å². The number of aliphatic carboxylic acids is 1. The van der Waals surface area contributed by atoms with Gasteiger partial charge in [-0.2, -0.15) is 0 Å². The smallest absolute Gasteiger partial charge is 0.474 e. The zero-order valence-corrected chi connectivity index (χ0v) is 19.8. The third-order valence-electron chi connectivity index (χ3n) is 5.38. The SMILES string of the molecule is Cc1cc(-c2ccc(OC(F)(F)F)cc2)cc(N(Cc2ccc(C(C)(C)C)cc2)C(=O)C(=O)O)c1. The Morgan fingerprint density at radius 2 is 1.49 bits per heavy atom. The van der Waals surface area contributed by atoms with Gasteiger partial charge < -0.3 is 9.84 Å². The summed E-state index contributed by atoms with van der Waals surface area (Å²) in [6.45, 7) is 8.07. The monoisotopic (exact) mass is 485 g/mol. The Balaban J connectivity index is 1.96.